The molecule has 2 amide bonds. The number of thioether (sulfide) groups is 1. The predicted molar refractivity (Wildman–Crippen MR) is 75.9 cm³/mol. The Morgan fingerprint density at radius 3 is 2.43 bits per heavy atom. The maximum absolute atomic E-state index is 12.7. The van der Waals surface area contributed by atoms with E-state index >= 15 is 0 Å². The van der Waals surface area contributed by atoms with Gasteiger partial charge < -0.3 is 16.2 Å². The summed E-state index contributed by atoms with van der Waals surface area (Å²) in [7, 11) is 0. The largest absolute Gasteiger partial charge is 0.480 e. The van der Waals surface area contributed by atoms with Gasteiger partial charge in [-0.1, -0.05) is 12.1 Å². The number of amides is 2. The maximum atomic E-state index is 12.7. The average molecular weight is 314 g/mol. The number of carboxylic acid groups (broad SMARTS) is 1. The molecular formula is C13H15FN2O4S. The summed E-state index contributed by atoms with van der Waals surface area (Å²) in [6, 6.07) is 4.54. The van der Waals surface area contributed by atoms with E-state index in [-0.39, 0.29) is 11.6 Å². The Morgan fingerprint density at radius 2 is 1.90 bits per heavy atom. The van der Waals surface area contributed by atoms with Gasteiger partial charge in [-0.25, -0.2) is 9.18 Å². The van der Waals surface area contributed by atoms with Gasteiger partial charge in [-0.3, -0.25) is 9.59 Å². The van der Waals surface area contributed by atoms with Crippen LogP contribution in [-0.4, -0.2) is 34.7 Å². The number of halogens is 1. The van der Waals surface area contributed by atoms with Crippen LogP contribution < -0.4 is 11.1 Å². The van der Waals surface area contributed by atoms with Crippen LogP contribution in [0.3, 0.4) is 0 Å². The highest BCUT2D eigenvalue weighted by Gasteiger charge is 2.21. The van der Waals surface area contributed by atoms with E-state index in [1.165, 1.54) is 23.9 Å². The molecule has 1 aromatic rings. The Balaban J connectivity index is 2.37. The SMILES string of the molecule is NC(=O)C[C@H](NC(=O)CSCc1ccc(F)cc1)C(=O)O. The average Bonchev–Trinajstić information content (AvgIpc) is 2.39. The summed E-state index contributed by atoms with van der Waals surface area (Å²) in [5.41, 5.74) is 5.75. The monoisotopic (exact) mass is 314 g/mol. The van der Waals surface area contributed by atoms with Gasteiger partial charge >= 0.3 is 5.97 Å². The molecule has 1 atom stereocenters. The fourth-order valence-electron chi connectivity index (χ4n) is 1.48. The van der Waals surface area contributed by atoms with Gasteiger partial charge in [0.15, 0.2) is 0 Å². The van der Waals surface area contributed by atoms with Gasteiger partial charge in [-0.05, 0) is 17.7 Å². The van der Waals surface area contributed by atoms with Gasteiger partial charge in [0.2, 0.25) is 11.8 Å². The van der Waals surface area contributed by atoms with Gasteiger partial charge in [-0.15, -0.1) is 11.8 Å². The number of hydrogen-bond acceptors (Lipinski definition) is 4. The summed E-state index contributed by atoms with van der Waals surface area (Å²) >= 11 is 1.25. The number of carboxylic acids is 1. The molecule has 0 bridgehead atoms. The van der Waals surface area contributed by atoms with Crippen molar-refractivity contribution in [1.29, 1.82) is 0 Å². The number of nitrogens with two attached hydrogens (primary N) is 1. The van der Waals surface area contributed by atoms with Crippen molar-refractivity contribution in [3.63, 3.8) is 0 Å². The highest BCUT2D eigenvalue weighted by atomic mass is 32.2. The molecule has 114 valence electrons. The van der Waals surface area contributed by atoms with Crippen LogP contribution in [-0.2, 0) is 20.1 Å². The topological polar surface area (TPSA) is 109 Å². The lowest BCUT2D eigenvalue weighted by Gasteiger charge is -2.12. The van der Waals surface area contributed by atoms with Crippen molar-refractivity contribution < 1.29 is 23.9 Å². The number of hydrogen-bond donors (Lipinski definition) is 3. The first kappa shape index (κ1) is 17.0. The minimum Gasteiger partial charge on any atom is -0.480 e. The zero-order valence-corrected chi connectivity index (χ0v) is 11.9. The van der Waals surface area contributed by atoms with Crippen LogP contribution in [0.15, 0.2) is 24.3 Å². The van der Waals surface area contributed by atoms with Crippen LogP contribution in [0, 0.1) is 5.82 Å². The Kier molecular flexibility index (Phi) is 6.67. The number of rotatable bonds is 8. The number of nitrogens with one attached hydrogen (secondary N) is 1. The van der Waals surface area contributed by atoms with E-state index in [1.807, 2.05) is 0 Å². The lowest BCUT2D eigenvalue weighted by Crippen LogP contribution is -2.44. The van der Waals surface area contributed by atoms with E-state index in [0.29, 0.717) is 5.75 Å². The molecule has 0 heterocycles. The fourth-order valence-corrected chi connectivity index (χ4v) is 2.28. The quantitative estimate of drug-likeness (QED) is 0.647. The molecule has 0 spiro atoms. The molecule has 0 aromatic heterocycles. The van der Waals surface area contributed by atoms with Gasteiger partial charge in [-0.2, -0.15) is 0 Å². The normalized spacial score (nSPS) is 11.7. The molecular weight excluding hydrogens is 299 g/mol. The molecule has 0 unspecified atom stereocenters. The number of aliphatic carboxylic acids is 1. The second-order valence-electron chi connectivity index (χ2n) is 4.25. The smallest absolute Gasteiger partial charge is 0.326 e. The van der Waals surface area contributed by atoms with Crippen molar-refractivity contribution in [3.05, 3.63) is 35.6 Å². The molecule has 6 nitrogen and oxygen atoms in total. The summed E-state index contributed by atoms with van der Waals surface area (Å²) in [5, 5.41) is 11.1. The van der Waals surface area contributed by atoms with Crippen LogP contribution in [0.4, 0.5) is 4.39 Å². The van der Waals surface area contributed by atoms with E-state index in [9.17, 15) is 18.8 Å². The van der Waals surface area contributed by atoms with Crippen LogP contribution in [0.2, 0.25) is 0 Å². The third kappa shape index (κ3) is 6.75. The highest BCUT2D eigenvalue weighted by molar-refractivity contribution is 7.99. The Morgan fingerprint density at radius 1 is 1.29 bits per heavy atom. The standard InChI is InChI=1S/C13H15FN2O4S/c14-9-3-1-8(2-4-9)6-21-7-12(18)16-10(13(19)20)5-11(15)17/h1-4,10H,5-7H2,(H2,15,17)(H,16,18)(H,19,20)/t10-/m0/s1. The summed E-state index contributed by atoms with van der Waals surface area (Å²) < 4.78 is 12.7. The van der Waals surface area contributed by atoms with Crippen molar-refractivity contribution in [2.24, 2.45) is 5.73 Å². The molecule has 0 fully saturated rings. The Bertz CT molecular complexity index is 521. The molecule has 8 heteroatoms. The van der Waals surface area contributed by atoms with Gasteiger partial charge in [0, 0.05) is 5.75 Å². The van der Waals surface area contributed by atoms with E-state index in [2.05, 4.69) is 5.32 Å². The molecule has 4 N–H and O–H groups in total. The fraction of sp³-hybridized carbons (Fsp3) is 0.308. The first-order chi connectivity index (χ1) is 9.88. The molecule has 0 aliphatic heterocycles. The molecule has 0 saturated carbocycles. The Hall–Kier alpha value is -2.09. The van der Waals surface area contributed by atoms with Crippen molar-refractivity contribution in [2.75, 3.05) is 5.75 Å². The number of primary amides is 1. The lowest BCUT2D eigenvalue weighted by molar-refractivity contribution is -0.143. The van der Waals surface area contributed by atoms with Gasteiger partial charge in [0.05, 0.1) is 12.2 Å². The van der Waals surface area contributed by atoms with Crippen molar-refractivity contribution in [3.8, 4) is 0 Å². The highest BCUT2D eigenvalue weighted by Crippen LogP contribution is 2.12. The van der Waals surface area contributed by atoms with Crippen molar-refractivity contribution >= 4 is 29.5 Å². The second kappa shape index (κ2) is 8.25. The third-order valence-electron chi connectivity index (χ3n) is 2.45. The van der Waals surface area contributed by atoms with Crippen LogP contribution in [0.1, 0.15) is 12.0 Å². The van der Waals surface area contributed by atoms with E-state index < -0.39 is 30.2 Å². The molecule has 21 heavy (non-hydrogen) atoms. The second-order valence-corrected chi connectivity index (χ2v) is 5.23. The van der Waals surface area contributed by atoms with Gasteiger partial charge in [0.25, 0.3) is 0 Å². The first-order valence-electron chi connectivity index (χ1n) is 6.01. The van der Waals surface area contributed by atoms with Gasteiger partial charge in [0.1, 0.15) is 11.9 Å². The summed E-state index contributed by atoms with van der Waals surface area (Å²) in [6.07, 6.45) is -0.455. The molecule has 0 aliphatic carbocycles. The van der Waals surface area contributed by atoms with Crippen LogP contribution >= 0.6 is 11.8 Å². The van der Waals surface area contributed by atoms with Crippen molar-refractivity contribution in [2.45, 2.75) is 18.2 Å². The summed E-state index contributed by atoms with van der Waals surface area (Å²) in [5.74, 6) is -2.44. The summed E-state index contributed by atoms with van der Waals surface area (Å²) in [4.78, 5) is 33.1. The minimum atomic E-state index is -1.32. The van der Waals surface area contributed by atoms with Crippen LogP contribution in [0.5, 0.6) is 0 Å². The predicted octanol–water partition coefficient (Wildman–Crippen LogP) is 0.504. The van der Waals surface area contributed by atoms with E-state index in [0.717, 1.165) is 5.56 Å². The lowest BCUT2D eigenvalue weighted by atomic mass is 10.2. The number of carbonyl (C=O) groups is 3. The van der Waals surface area contributed by atoms with E-state index in [4.69, 9.17) is 10.8 Å². The zero-order valence-electron chi connectivity index (χ0n) is 11.0. The number of benzene rings is 1. The zero-order chi connectivity index (χ0) is 15.8. The minimum absolute atomic E-state index is 0.0277. The molecule has 1 aromatic carbocycles. The third-order valence-corrected chi connectivity index (χ3v) is 3.46. The first-order valence-corrected chi connectivity index (χ1v) is 7.16. The molecule has 1 rings (SSSR count). The summed E-state index contributed by atoms with van der Waals surface area (Å²) in [6.45, 7) is 0. The maximum Gasteiger partial charge on any atom is 0.326 e. The van der Waals surface area contributed by atoms with E-state index in [1.54, 1.807) is 12.1 Å². The molecule has 0 radical (unpaired) electrons. The van der Waals surface area contributed by atoms with Crippen LogP contribution in [0.25, 0.3) is 0 Å². The molecule has 0 saturated heterocycles. The number of carbonyl (C=O) groups excluding carboxylic acids is 2. The molecule has 0 aliphatic rings. The van der Waals surface area contributed by atoms with Crippen molar-refractivity contribution in [1.82, 2.24) is 5.32 Å². The Labute approximate surface area is 124 Å².